The van der Waals surface area contributed by atoms with Crippen LogP contribution in [0.25, 0.3) is 0 Å². The van der Waals surface area contributed by atoms with E-state index in [1.807, 2.05) is 19.1 Å². The zero-order valence-electron chi connectivity index (χ0n) is 11.4. The van der Waals surface area contributed by atoms with Gasteiger partial charge in [0.15, 0.2) is 5.13 Å². The van der Waals surface area contributed by atoms with Crippen LogP contribution in [0.1, 0.15) is 34.5 Å². The topological polar surface area (TPSA) is 50.9 Å². The third kappa shape index (κ3) is 2.69. The van der Waals surface area contributed by atoms with Crippen LogP contribution in [0.4, 0.5) is 10.8 Å². The predicted octanol–water partition coefficient (Wildman–Crippen LogP) is 3.71. The second kappa shape index (κ2) is 5.50. The summed E-state index contributed by atoms with van der Waals surface area (Å²) in [6, 6.07) is 6.08. The van der Waals surface area contributed by atoms with E-state index in [0.29, 0.717) is 4.99 Å². The average Bonchev–Trinajstić information content (AvgIpc) is 2.82. The molecule has 2 aromatic rings. The molecule has 0 saturated carbocycles. The van der Waals surface area contributed by atoms with E-state index in [9.17, 15) is 0 Å². The van der Waals surface area contributed by atoms with E-state index in [1.165, 1.54) is 23.4 Å². The number of thiazole rings is 1. The molecule has 104 valence electrons. The molecule has 1 heterocycles. The van der Waals surface area contributed by atoms with E-state index in [-0.39, 0.29) is 0 Å². The molecule has 0 unspecified atom stereocenters. The molecule has 5 heteroatoms. The largest absolute Gasteiger partial charge is 0.389 e. The number of nitrogens with two attached hydrogens (primary N) is 1. The van der Waals surface area contributed by atoms with Gasteiger partial charge in [-0.05, 0) is 44.7 Å². The van der Waals surface area contributed by atoms with Gasteiger partial charge in [-0.15, -0.1) is 11.3 Å². The normalized spacial score (nSPS) is 13.8. The van der Waals surface area contributed by atoms with Crippen LogP contribution in [0.15, 0.2) is 18.2 Å². The molecule has 1 aromatic carbocycles. The van der Waals surface area contributed by atoms with Crippen molar-refractivity contribution in [2.24, 2.45) is 5.73 Å². The summed E-state index contributed by atoms with van der Waals surface area (Å²) in [6.07, 6.45) is 4.78. The number of anilines is 2. The molecule has 3 nitrogen and oxygen atoms in total. The van der Waals surface area contributed by atoms with E-state index in [4.69, 9.17) is 22.9 Å². The third-order valence-electron chi connectivity index (χ3n) is 3.53. The van der Waals surface area contributed by atoms with Crippen LogP contribution < -0.4 is 11.1 Å². The molecule has 20 heavy (non-hydrogen) atoms. The Kier molecular flexibility index (Phi) is 3.72. The molecule has 1 aliphatic rings. The monoisotopic (exact) mass is 303 g/mol. The maximum Gasteiger partial charge on any atom is 0.187 e. The summed E-state index contributed by atoms with van der Waals surface area (Å²) in [7, 11) is 0. The number of hydrogen-bond acceptors (Lipinski definition) is 4. The summed E-state index contributed by atoms with van der Waals surface area (Å²) in [5, 5.41) is 4.32. The second-order valence-electron chi connectivity index (χ2n) is 5.13. The summed E-state index contributed by atoms with van der Waals surface area (Å²) in [5.41, 5.74) is 10.0. The van der Waals surface area contributed by atoms with Crippen LogP contribution in [-0.4, -0.2) is 9.97 Å². The van der Waals surface area contributed by atoms with Gasteiger partial charge in [-0.25, -0.2) is 4.98 Å². The molecule has 0 spiro atoms. The van der Waals surface area contributed by atoms with Gasteiger partial charge in [-0.3, -0.25) is 0 Å². The fraction of sp³-hybridized carbons (Fsp3) is 0.333. The molecule has 0 atom stereocenters. The van der Waals surface area contributed by atoms with Crippen LogP contribution in [0.3, 0.4) is 0 Å². The van der Waals surface area contributed by atoms with Crippen LogP contribution in [0.2, 0.25) is 0 Å². The highest BCUT2D eigenvalue weighted by molar-refractivity contribution is 7.80. The smallest absolute Gasteiger partial charge is 0.187 e. The third-order valence-corrected chi connectivity index (χ3v) is 4.82. The zero-order valence-corrected chi connectivity index (χ0v) is 13.0. The first-order valence-electron chi connectivity index (χ1n) is 6.79. The Morgan fingerprint density at radius 2 is 2.15 bits per heavy atom. The minimum absolute atomic E-state index is 0.414. The van der Waals surface area contributed by atoms with E-state index in [1.54, 1.807) is 11.3 Å². The first-order chi connectivity index (χ1) is 9.63. The van der Waals surface area contributed by atoms with Gasteiger partial charge in [0.1, 0.15) is 4.99 Å². The maximum atomic E-state index is 5.81. The van der Waals surface area contributed by atoms with Gasteiger partial charge in [-0.1, -0.05) is 23.8 Å². The Balaban J connectivity index is 1.91. The van der Waals surface area contributed by atoms with Crippen molar-refractivity contribution in [2.75, 3.05) is 5.32 Å². The predicted molar refractivity (Wildman–Crippen MR) is 89.1 cm³/mol. The van der Waals surface area contributed by atoms with Gasteiger partial charge in [0.25, 0.3) is 0 Å². The minimum Gasteiger partial charge on any atom is -0.389 e. The molecule has 0 aliphatic heterocycles. The highest BCUT2D eigenvalue weighted by Gasteiger charge is 2.16. The number of aromatic nitrogens is 1. The lowest BCUT2D eigenvalue weighted by Crippen LogP contribution is -2.12. The van der Waals surface area contributed by atoms with Gasteiger partial charge in [0, 0.05) is 10.4 Å². The van der Waals surface area contributed by atoms with E-state index >= 15 is 0 Å². The van der Waals surface area contributed by atoms with Crippen molar-refractivity contribution < 1.29 is 0 Å². The Morgan fingerprint density at radius 3 is 2.90 bits per heavy atom. The molecule has 1 aromatic heterocycles. The Morgan fingerprint density at radius 1 is 1.35 bits per heavy atom. The van der Waals surface area contributed by atoms with Gasteiger partial charge in [-0.2, -0.15) is 0 Å². The summed E-state index contributed by atoms with van der Waals surface area (Å²) >= 11 is 6.88. The van der Waals surface area contributed by atoms with Gasteiger partial charge in [0.05, 0.1) is 11.4 Å². The second-order valence-corrected chi connectivity index (χ2v) is 6.66. The van der Waals surface area contributed by atoms with E-state index in [2.05, 4.69) is 11.4 Å². The molecule has 0 fully saturated rings. The zero-order chi connectivity index (χ0) is 14.1. The molecule has 3 N–H and O–H groups in total. The van der Waals surface area contributed by atoms with Crippen molar-refractivity contribution in [3.05, 3.63) is 39.9 Å². The molecule has 1 aliphatic carbocycles. The number of thiocarbonyl (C=S) groups is 1. The number of hydrogen-bond donors (Lipinski definition) is 2. The van der Waals surface area contributed by atoms with Gasteiger partial charge >= 0.3 is 0 Å². The van der Waals surface area contributed by atoms with Gasteiger partial charge in [0.2, 0.25) is 0 Å². The van der Waals surface area contributed by atoms with Crippen molar-refractivity contribution in [1.29, 1.82) is 0 Å². The number of fused-ring (bicyclic) bond motifs is 1. The number of benzene rings is 1. The minimum atomic E-state index is 0.414. The van der Waals surface area contributed by atoms with E-state index < -0.39 is 0 Å². The fourth-order valence-electron chi connectivity index (χ4n) is 2.49. The highest BCUT2D eigenvalue weighted by Crippen LogP contribution is 2.32. The van der Waals surface area contributed by atoms with Crippen LogP contribution in [0, 0.1) is 6.92 Å². The molecule has 0 radical (unpaired) electrons. The lowest BCUT2D eigenvalue weighted by Gasteiger charge is -2.09. The summed E-state index contributed by atoms with van der Waals surface area (Å²) in [6.45, 7) is 2.04. The number of rotatable bonds is 3. The standard InChI is InChI=1S/C15H17N3S2/c1-9-6-7-11(10(8-9)14(16)19)17-15-18-12-4-2-3-5-13(12)20-15/h6-8H,2-5H2,1H3,(H2,16,19)(H,17,18). The molecule has 0 saturated heterocycles. The SMILES string of the molecule is Cc1ccc(Nc2nc3c(s2)CCCC3)c(C(N)=S)c1. The Labute approximate surface area is 128 Å². The summed E-state index contributed by atoms with van der Waals surface area (Å²) in [5.74, 6) is 0. The first-order valence-corrected chi connectivity index (χ1v) is 8.02. The molecular formula is C15H17N3S2. The van der Waals surface area contributed by atoms with Gasteiger partial charge < -0.3 is 11.1 Å². The number of aryl methyl sites for hydroxylation is 3. The number of nitrogens with zero attached hydrogens (tertiary/aromatic N) is 1. The molecule has 0 amide bonds. The lowest BCUT2D eigenvalue weighted by molar-refractivity contribution is 0.683. The quantitative estimate of drug-likeness (QED) is 0.849. The average molecular weight is 303 g/mol. The molecular weight excluding hydrogens is 286 g/mol. The van der Waals surface area contributed by atoms with Crippen molar-refractivity contribution >= 4 is 39.4 Å². The van der Waals surface area contributed by atoms with Crippen molar-refractivity contribution in [3.63, 3.8) is 0 Å². The van der Waals surface area contributed by atoms with Crippen molar-refractivity contribution in [1.82, 2.24) is 4.98 Å². The lowest BCUT2D eigenvalue weighted by atomic mass is 10.0. The molecule has 3 rings (SSSR count). The van der Waals surface area contributed by atoms with Crippen LogP contribution in [0.5, 0.6) is 0 Å². The van der Waals surface area contributed by atoms with Crippen molar-refractivity contribution in [2.45, 2.75) is 32.6 Å². The fourth-order valence-corrected chi connectivity index (χ4v) is 3.72. The highest BCUT2D eigenvalue weighted by atomic mass is 32.1. The molecule has 0 bridgehead atoms. The Hall–Kier alpha value is -1.46. The van der Waals surface area contributed by atoms with E-state index in [0.717, 1.165) is 34.8 Å². The summed E-state index contributed by atoms with van der Waals surface area (Å²) in [4.78, 5) is 6.53. The Bertz CT molecular complexity index is 638. The first kappa shape index (κ1) is 13.5. The van der Waals surface area contributed by atoms with Crippen LogP contribution >= 0.6 is 23.6 Å². The summed E-state index contributed by atoms with van der Waals surface area (Å²) < 4.78 is 0. The van der Waals surface area contributed by atoms with Crippen LogP contribution in [-0.2, 0) is 12.8 Å². The van der Waals surface area contributed by atoms with Crippen molar-refractivity contribution in [3.8, 4) is 0 Å². The maximum absolute atomic E-state index is 5.81. The number of nitrogens with one attached hydrogen (secondary N) is 1.